The lowest BCUT2D eigenvalue weighted by Crippen LogP contribution is -2.28. The number of anilines is 1. The topological polar surface area (TPSA) is 98.1 Å². The maximum Gasteiger partial charge on any atom is 0.258 e. The molecule has 0 fully saturated rings. The molecular weight excluding hydrogens is 490 g/mol. The Labute approximate surface area is 218 Å². The van der Waals surface area contributed by atoms with E-state index in [9.17, 15) is 9.59 Å². The summed E-state index contributed by atoms with van der Waals surface area (Å²) in [6.07, 6.45) is 0. The highest BCUT2D eigenvalue weighted by atomic mass is 35.5. The first-order chi connectivity index (χ1) is 18.1. The summed E-state index contributed by atoms with van der Waals surface area (Å²) in [7, 11) is 1.56. The number of amides is 2. The Hall–Kier alpha value is -4.27. The van der Waals surface area contributed by atoms with E-state index < -0.39 is 11.8 Å². The molecule has 2 heterocycles. The van der Waals surface area contributed by atoms with Crippen LogP contribution in [0.15, 0.2) is 78.9 Å². The van der Waals surface area contributed by atoms with E-state index >= 15 is 0 Å². The summed E-state index contributed by atoms with van der Waals surface area (Å²) in [5.74, 6) is -0.555. The molecule has 0 saturated heterocycles. The number of benzene rings is 3. The SMILES string of the molecule is COCCNC(=O)c1c(NC(=O)c2ccccc2Cl)n(Cc2ccccc2)c2nc3ccccc3nc12. The number of ether oxygens (including phenoxy) is 1. The van der Waals surface area contributed by atoms with Crippen LogP contribution in [0.25, 0.3) is 22.2 Å². The monoisotopic (exact) mass is 513 g/mol. The normalized spacial score (nSPS) is 11.1. The van der Waals surface area contributed by atoms with Crippen molar-refractivity contribution in [3.05, 3.63) is 101 Å². The predicted octanol–water partition coefficient (Wildman–Crippen LogP) is 4.91. The maximum atomic E-state index is 13.5. The van der Waals surface area contributed by atoms with E-state index in [1.165, 1.54) is 0 Å². The standard InChI is InChI=1S/C28H24ClN5O3/c1-37-16-15-30-28(36)23-24-26(32-22-14-8-7-13-21(22)31-24)34(17-18-9-3-2-4-10-18)25(23)33-27(35)19-11-5-6-12-20(19)29/h2-14H,15-17H2,1H3,(H,30,36)(H,33,35). The van der Waals surface area contributed by atoms with Crippen LogP contribution >= 0.6 is 11.6 Å². The summed E-state index contributed by atoms with van der Waals surface area (Å²) in [5.41, 5.74) is 3.67. The van der Waals surface area contributed by atoms with Gasteiger partial charge in [-0.05, 0) is 29.8 Å². The number of hydrogen-bond acceptors (Lipinski definition) is 5. The van der Waals surface area contributed by atoms with E-state index in [0.29, 0.717) is 46.9 Å². The van der Waals surface area contributed by atoms with Gasteiger partial charge in [0.25, 0.3) is 11.8 Å². The average molecular weight is 514 g/mol. The van der Waals surface area contributed by atoms with Crippen LogP contribution in [0.1, 0.15) is 26.3 Å². The van der Waals surface area contributed by atoms with Gasteiger partial charge in [0.2, 0.25) is 0 Å². The smallest absolute Gasteiger partial charge is 0.258 e. The Morgan fingerprint density at radius 2 is 1.57 bits per heavy atom. The number of hydrogen-bond donors (Lipinski definition) is 2. The highest BCUT2D eigenvalue weighted by molar-refractivity contribution is 6.34. The molecule has 0 radical (unpaired) electrons. The number of fused-ring (bicyclic) bond motifs is 2. The summed E-state index contributed by atoms with van der Waals surface area (Å²) in [6.45, 7) is 0.984. The highest BCUT2D eigenvalue weighted by Crippen LogP contribution is 2.31. The Morgan fingerprint density at radius 3 is 2.30 bits per heavy atom. The lowest BCUT2D eigenvalue weighted by molar-refractivity contribution is 0.0939. The van der Waals surface area contributed by atoms with Crippen LogP contribution in [0, 0.1) is 0 Å². The van der Waals surface area contributed by atoms with Gasteiger partial charge >= 0.3 is 0 Å². The van der Waals surface area contributed by atoms with E-state index in [4.69, 9.17) is 26.3 Å². The van der Waals surface area contributed by atoms with Gasteiger partial charge in [-0.25, -0.2) is 9.97 Å². The Kier molecular flexibility index (Phi) is 7.11. The fourth-order valence-corrected chi connectivity index (χ4v) is 4.36. The molecule has 0 aliphatic rings. The summed E-state index contributed by atoms with van der Waals surface area (Å²) in [4.78, 5) is 36.5. The number of halogens is 1. The third kappa shape index (κ3) is 5.02. The number of methoxy groups -OCH3 is 1. The zero-order valence-corrected chi connectivity index (χ0v) is 20.8. The van der Waals surface area contributed by atoms with Crippen molar-refractivity contribution in [2.75, 3.05) is 25.6 Å². The zero-order valence-electron chi connectivity index (χ0n) is 20.1. The minimum atomic E-state index is -0.446. The van der Waals surface area contributed by atoms with Crippen LogP contribution in [-0.4, -0.2) is 46.6 Å². The lowest BCUT2D eigenvalue weighted by atomic mass is 10.2. The van der Waals surface area contributed by atoms with Gasteiger partial charge in [-0.3, -0.25) is 9.59 Å². The molecule has 0 atom stereocenters. The molecule has 5 rings (SSSR count). The van der Waals surface area contributed by atoms with E-state index in [1.54, 1.807) is 31.4 Å². The molecule has 0 bridgehead atoms. The molecule has 3 aromatic carbocycles. The molecule has 2 aromatic heterocycles. The van der Waals surface area contributed by atoms with Crippen molar-refractivity contribution < 1.29 is 14.3 Å². The lowest BCUT2D eigenvalue weighted by Gasteiger charge is -2.14. The Bertz CT molecular complexity index is 1600. The molecule has 5 aromatic rings. The largest absolute Gasteiger partial charge is 0.383 e. The van der Waals surface area contributed by atoms with Crippen molar-refractivity contribution in [2.24, 2.45) is 0 Å². The molecule has 0 saturated carbocycles. The van der Waals surface area contributed by atoms with Crippen LogP contribution in [-0.2, 0) is 11.3 Å². The van der Waals surface area contributed by atoms with Gasteiger partial charge in [-0.2, -0.15) is 0 Å². The van der Waals surface area contributed by atoms with E-state index in [0.717, 1.165) is 5.56 Å². The number of aromatic nitrogens is 3. The summed E-state index contributed by atoms with van der Waals surface area (Å²) in [5, 5.41) is 6.10. The molecule has 186 valence electrons. The van der Waals surface area contributed by atoms with Gasteiger partial charge < -0.3 is 19.9 Å². The Balaban J connectivity index is 1.73. The van der Waals surface area contributed by atoms with Gasteiger partial charge in [0, 0.05) is 13.7 Å². The van der Waals surface area contributed by atoms with Crippen molar-refractivity contribution >= 4 is 51.4 Å². The molecule has 8 nitrogen and oxygen atoms in total. The van der Waals surface area contributed by atoms with E-state index in [2.05, 4.69) is 10.6 Å². The number of nitrogens with one attached hydrogen (secondary N) is 2. The third-order valence-corrected chi connectivity index (χ3v) is 6.23. The van der Waals surface area contributed by atoms with Crippen molar-refractivity contribution in [1.29, 1.82) is 0 Å². The first kappa shape index (κ1) is 24.4. The second kappa shape index (κ2) is 10.8. The van der Waals surface area contributed by atoms with Crippen LogP contribution in [0.3, 0.4) is 0 Å². The van der Waals surface area contributed by atoms with Crippen LogP contribution in [0.5, 0.6) is 0 Å². The second-order valence-corrected chi connectivity index (χ2v) is 8.77. The number of rotatable bonds is 8. The molecule has 0 spiro atoms. The second-order valence-electron chi connectivity index (χ2n) is 8.36. The number of nitrogens with zero attached hydrogens (tertiary/aromatic N) is 3. The molecule has 0 unspecified atom stereocenters. The summed E-state index contributed by atoms with van der Waals surface area (Å²) in [6, 6.07) is 23.9. The fraction of sp³-hybridized carbons (Fsp3) is 0.143. The minimum Gasteiger partial charge on any atom is -0.383 e. The van der Waals surface area contributed by atoms with Crippen LogP contribution in [0.2, 0.25) is 5.02 Å². The molecule has 0 aliphatic carbocycles. The number of carbonyl (C=O) groups is 2. The van der Waals surface area contributed by atoms with Crippen molar-refractivity contribution in [2.45, 2.75) is 6.54 Å². The minimum absolute atomic E-state index is 0.223. The zero-order chi connectivity index (χ0) is 25.8. The molecule has 2 N–H and O–H groups in total. The van der Waals surface area contributed by atoms with Crippen molar-refractivity contribution in [1.82, 2.24) is 19.9 Å². The summed E-state index contributed by atoms with van der Waals surface area (Å²) < 4.78 is 6.90. The molecule has 2 amide bonds. The molecule has 9 heteroatoms. The van der Waals surface area contributed by atoms with Gasteiger partial charge in [0.1, 0.15) is 16.9 Å². The predicted molar refractivity (Wildman–Crippen MR) is 144 cm³/mol. The maximum absolute atomic E-state index is 13.5. The summed E-state index contributed by atoms with van der Waals surface area (Å²) >= 11 is 6.31. The quantitative estimate of drug-likeness (QED) is 0.287. The molecule has 0 aliphatic heterocycles. The number of para-hydroxylation sites is 2. The average Bonchev–Trinajstić information content (AvgIpc) is 3.19. The van der Waals surface area contributed by atoms with E-state index in [-0.39, 0.29) is 16.9 Å². The van der Waals surface area contributed by atoms with Crippen LogP contribution in [0.4, 0.5) is 5.82 Å². The van der Waals surface area contributed by atoms with E-state index in [1.807, 2.05) is 59.2 Å². The number of carbonyl (C=O) groups excluding carboxylic acids is 2. The van der Waals surface area contributed by atoms with Crippen molar-refractivity contribution in [3.8, 4) is 0 Å². The molecular formula is C28H24ClN5O3. The first-order valence-corrected chi connectivity index (χ1v) is 12.1. The van der Waals surface area contributed by atoms with Gasteiger partial charge in [0.05, 0.1) is 34.8 Å². The van der Waals surface area contributed by atoms with Crippen LogP contribution < -0.4 is 10.6 Å². The fourth-order valence-electron chi connectivity index (χ4n) is 4.14. The van der Waals surface area contributed by atoms with Crippen molar-refractivity contribution in [3.63, 3.8) is 0 Å². The molecule has 37 heavy (non-hydrogen) atoms. The third-order valence-electron chi connectivity index (χ3n) is 5.90. The first-order valence-electron chi connectivity index (χ1n) is 11.7. The highest BCUT2D eigenvalue weighted by Gasteiger charge is 2.27. The Morgan fingerprint density at radius 1 is 0.892 bits per heavy atom. The van der Waals surface area contributed by atoms with Gasteiger partial charge in [-0.15, -0.1) is 0 Å². The van der Waals surface area contributed by atoms with Gasteiger partial charge in [-0.1, -0.05) is 66.2 Å². The van der Waals surface area contributed by atoms with Gasteiger partial charge in [0.15, 0.2) is 5.65 Å².